The maximum atomic E-state index is 9.59. The van der Waals surface area contributed by atoms with Crippen molar-refractivity contribution in [3.63, 3.8) is 0 Å². The first-order valence-electron chi connectivity index (χ1n) is 7.49. The Balaban J connectivity index is 1.93. The van der Waals surface area contributed by atoms with E-state index in [0.717, 1.165) is 23.8 Å². The monoisotopic (exact) mass is 301 g/mol. The Morgan fingerprint density at radius 3 is 2.73 bits per heavy atom. The first kappa shape index (κ1) is 16.0. The van der Waals surface area contributed by atoms with Gasteiger partial charge in [-0.2, -0.15) is 5.10 Å². The molecule has 118 valence electrons. The van der Waals surface area contributed by atoms with Crippen LogP contribution in [0.1, 0.15) is 24.1 Å². The van der Waals surface area contributed by atoms with Crippen LogP contribution in [-0.2, 0) is 6.54 Å². The number of aromatic nitrogens is 2. The van der Waals surface area contributed by atoms with E-state index >= 15 is 0 Å². The molecule has 0 spiro atoms. The highest BCUT2D eigenvalue weighted by molar-refractivity contribution is 5.79. The number of aliphatic imine (C=N–C) groups is 1. The van der Waals surface area contributed by atoms with Gasteiger partial charge < -0.3 is 15.7 Å². The number of rotatable bonds is 7. The van der Waals surface area contributed by atoms with E-state index in [1.807, 2.05) is 43.3 Å². The van der Waals surface area contributed by atoms with E-state index in [1.165, 1.54) is 0 Å². The molecular weight excluding hydrogens is 278 g/mol. The number of hydrogen-bond donors (Lipinski definition) is 4. The quantitative estimate of drug-likeness (QED) is 0.458. The first-order valence-corrected chi connectivity index (χ1v) is 7.49. The third kappa shape index (κ3) is 4.89. The van der Waals surface area contributed by atoms with Gasteiger partial charge in [-0.15, -0.1) is 0 Å². The molecule has 4 N–H and O–H groups in total. The third-order valence-electron chi connectivity index (χ3n) is 3.32. The fourth-order valence-corrected chi connectivity index (χ4v) is 2.11. The van der Waals surface area contributed by atoms with E-state index in [0.29, 0.717) is 13.1 Å². The second kappa shape index (κ2) is 8.84. The molecule has 0 fully saturated rings. The summed E-state index contributed by atoms with van der Waals surface area (Å²) < 4.78 is 0. The predicted molar refractivity (Wildman–Crippen MR) is 87.7 cm³/mol. The van der Waals surface area contributed by atoms with Crippen molar-refractivity contribution in [1.29, 1.82) is 0 Å². The number of hydrogen-bond acceptors (Lipinski definition) is 3. The molecule has 1 aromatic carbocycles. The number of aromatic amines is 1. The third-order valence-corrected chi connectivity index (χ3v) is 3.32. The van der Waals surface area contributed by atoms with E-state index in [2.05, 4.69) is 25.8 Å². The van der Waals surface area contributed by atoms with Crippen molar-refractivity contribution in [3.8, 4) is 0 Å². The minimum Gasteiger partial charge on any atom is -0.396 e. The summed E-state index contributed by atoms with van der Waals surface area (Å²) in [5.74, 6) is 0.767. The average Bonchev–Trinajstić information content (AvgIpc) is 3.07. The van der Waals surface area contributed by atoms with E-state index in [4.69, 9.17) is 0 Å². The largest absolute Gasteiger partial charge is 0.396 e. The molecule has 0 aliphatic heterocycles. The Morgan fingerprint density at radius 2 is 2.09 bits per heavy atom. The number of nitrogens with zero attached hydrogens (tertiary/aromatic N) is 2. The Kier molecular flexibility index (Phi) is 6.44. The van der Waals surface area contributed by atoms with Gasteiger partial charge in [0.15, 0.2) is 5.96 Å². The van der Waals surface area contributed by atoms with Crippen LogP contribution in [-0.4, -0.2) is 41.0 Å². The van der Waals surface area contributed by atoms with Crippen LogP contribution in [0.2, 0.25) is 0 Å². The molecule has 0 amide bonds. The van der Waals surface area contributed by atoms with E-state index in [1.54, 1.807) is 6.20 Å². The standard InChI is InChI=1S/C16H23N5O/c1-2-17-16(19-11-15-8-9-20-21-15)18-10-14(12-22)13-6-4-3-5-7-13/h3-9,14,22H,2,10-12H2,1H3,(H,20,21)(H2,17,18,19). The van der Waals surface area contributed by atoms with Gasteiger partial charge in [0.05, 0.1) is 18.8 Å². The smallest absolute Gasteiger partial charge is 0.191 e. The van der Waals surface area contributed by atoms with Crippen molar-refractivity contribution in [2.24, 2.45) is 4.99 Å². The van der Waals surface area contributed by atoms with Crippen molar-refractivity contribution in [3.05, 3.63) is 53.9 Å². The van der Waals surface area contributed by atoms with E-state index in [-0.39, 0.29) is 12.5 Å². The molecule has 6 heteroatoms. The Bertz CT molecular complexity index is 553. The van der Waals surface area contributed by atoms with Crippen LogP contribution < -0.4 is 10.6 Å². The molecule has 6 nitrogen and oxygen atoms in total. The summed E-state index contributed by atoms with van der Waals surface area (Å²) in [4.78, 5) is 4.50. The number of H-pyrrole nitrogens is 1. The number of benzene rings is 1. The first-order chi connectivity index (χ1) is 10.8. The van der Waals surface area contributed by atoms with Crippen LogP contribution in [0.4, 0.5) is 0 Å². The molecule has 0 aliphatic rings. The fourth-order valence-electron chi connectivity index (χ4n) is 2.11. The van der Waals surface area contributed by atoms with Crippen molar-refractivity contribution >= 4 is 5.96 Å². The minimum atomic E-state index is 0.0391. The lowest BCUT2D eigenvalue weighted by Gasteiger charge is -2.18. The van der Waals surface area contributed by atoms with Crippen LogP contribution in [0.3, 0.4) is 0 Å². The van der Waals surface area contributed by atoms with Gasteiger partial charge in [0, 0.05) is 25.2 Å². The molecule has 22 heavy (non-hydrogen) atoms. The van der Waals surface area contributed by atoms with Crippen LogP contribution in [0.5, 0.6) is 0 Å². The zero-order chi connectivity index (χ0) is 15.6. The summed E-state index contributed by atoms with van der Waals surface area (Å²) >= 11 is 0. The van der Waals surface area contributed by atoms with Crippen LogP contribution in [0.25, 0.3) is 0 Å². The molecule has 0 radical (unpaired) electrons. The molecule has 0 bridgehead atoms. The van der Waals surface area contributed by atoms with Gasteiger partial charge in [-0.3, -0.25) is 5.10 Å². The SMILES string of the molecule is CCNC(=NCc1ccn[nH]1)NCC(CO)c1ccccc1. The van der Waals surface area contributed by atoms with Gasteiger partial charge in [0.1, 0.15) is 0 Å². The van der Waals surface area contributed by atoms with Gasteiger partial charge in [-0.05, 0) is 18.6 Å². The lowest BCUT2D eigenvalue weighted by Crippen LogP contribution is -2.39. The molecule has 1 atom stereocenters. The Labute approximate surface area is 130 Å². The lowest BCUT2D eigenvalue weighted by molar-refractivity contribution is 0.265. The summed E-state index contributed by atoms with van der Waals surface area (Å²) in [6.07, 6.45) is 1.71. The molecule has 1 heterocycles. The van der Waals surface area contributed by atoms with Crippen molar-refractivity contribution in [2.75, 3.05) is 19.7 Å². The van der Waals surface area contributed by atoms with Gasteiger partial charge in [0.2, 0.25) is 0 Å². The fraction of sp³-hybridized carbons (Fsp3) is 0.375. The highest BCUT2D eigenvalue weighted by atomic mass is 16.3. The maximum Gasteiger partial charge on any atom is 0.191 e. The van der Waals surface area contributed by atoms with Gasteiger partial charge in [-0.25, -0.2) is 4.99 Å². The second-order valence-electron chi connectivity index (χ2n) is 4.95. The topological polar surface area (TPSA) is 85.3 Å². The highest BCUT2D eigenvalue weighted by Gasteiger charge is 2.10. The molecule has 1 unspecified atom stereocenters. The minimum absolute atomic E-state index is 0.0391. The maximum absolute atomic E-state index is 9.59. The molecule has 1 aromatic heterocycles. The molecular formula is C16H23N5O. The van der Waals surface area contributed by atoms with Crippen LogP contribution in [0, 0.1) is 0 Å². The van der Waals surface area contributed by atoms with E-state index < -0.39 is 0 Å². The summed E-state index contributed by atoms with van der Waals surface area (Å²) in [6, 6.07) is 11.9. The highest BCUT2D eigenvalue weighted by Crippen LogP contribution is 2.13. The number of aliphatic hydroxyl groups excluding tert-OH is 1. The Morgan fingerprint density at radius 1 is 1.27 bits per heavy atom. The summed E-state index contributed by atoms with van der Waals surface area (Å²) in [7, 11) is 0. The molecule has 2 aromatic rings. The average molecular weight is 301 g/mol. The van der Waals surface area contributed by atoms with Crippen molar-refractivity contribution in [2.45, 2.75) is 19.4 Å². The van der Waals surface area contributed by atoms with E-state index in [9.17, 15) is 5.11 Å². The molecule has 0 saturated heterocycles. The summed E-state index contributed by atoms with van der Waals surface area (Å²) in [6.45, 7) is 4.05. The molecule has 0 saturated carbocycles. The summed E-state index contributed by atoms with van der Waals surface area (Å²) in [5, 5.41) is 22.9. The zero-order valence-corrected chi connectivity index (χ0v) is 12.8. The zero-order valence-electron chi connectivity index (χ0n) is 12.8. The van der Waals surface area contributed by atoms with Gasteiger partial charge in [-0.1, -0.05) is 30.3 Å². The number of nitrogens with one attached hydrogen (secondary N) is 3. The molecule has 0 aliphatic carbocycles. The van der Waals surface area contributed by atoms with Crippen molar-refractivity contribution < 1.29 is 5.11 Å². The van der Waals surface area contributed by atoms with Gasteiger partial charge >= 0.3 is 0 Å². The number of aliphatic hydroxyl groups is 1. The number of guanidine groups is 1. The van der Waals surface area contributed by atoms with Crippen LogP contribution >= 0.6 is 0 Å². The predicted octanol–water partition coefficient (Wildman–Crippen LogP) is 1.24. The summed E-state index contributed by atoms with van der Waals surface area (Å²) in [5.41, 5.74) is 2.07. The second-order valence-corrected chi connectivity index (χ2v) is 4.95. The van der Waals surface area contributed by atoms with Gasteiger partial charge in [0.25, 0.3) is 0 Å². The van der Waals surface area contributed by atoms with Crippen molar-refractivity contribution in [1.82, 2.24) is 20.8 Å². The Hall–Kier alpha value is -2.34. The molecule has 2 rings (SSSR count). The lowest BCUT2D eigenvalue weighted by atomic mass is 10.0. The normalized spacial score (nSPS) is 12.9. The van der Waals surface area contributed by atoms with Crippen LogP contribution in [0.15, 0.2) is 47.6 Å².